The normalized spacial score (nSPS) is 11.6. The molecule has 0 aliphatic heterocycles. The van der Waals surface area contributed by atoms with Crippen LogP contribution in [0.1, 0.15) is 33.4 Å². The molecule has 1 heterocycles. The summed E-state index contributed by atoms with van der Waals surface area (Å²) in [6.45, 7) is 10.8. The van der Waals surface area contributed by atoms with Crippen LogP contribution in [-0.4, -0.2) is 22.1 Å². The summed E-state index contributed by atoms with van der Waals surface area (Å²) in [6.07, 6.45) is 5.02. The SMILES string of the molecule is CC(C)Cc1cncn1CCNC(C)C. The van der Waals surface area contributed by atoms with E-state index < -0.39 is 0 Å². The summed E-state index contributed by atoms with van der Waals surface area (Å²) in [7, 11) is 0. The quantitative estimate of drug-likeness (QED) is 0.777. The first-order chi connectivity index (χ1) is 7.09. The maximum Gasteiger partial charge on any atom is 0.0948 e. The van der Waals surface area contributed by atoms with Crippen LogP contribution < -0.4 is 5.32 Å². The molecule has 0 aliphatic carbocycles. The minimum atomic E-state index is 0.557. The van der Waals surface area contributed by atoms with Crippen molar-refractivity contribution in [3.05, 3.63) is 18.2 Å². The average Bonchev–Trinajstić information content (AvgIpc) is 2.51. The van der Waals surface area contributed by atoms with E-state index in [0.717, 1.165) is 19.5 Å². The van der Waals surface area contributed by atoms with Gasteiger partial charge in [0, 0.05) is 31.0 Å². The van der Waals surface area contributed by atoms with E-state index in [4.69, 9.17) is 0 Å². The molecule has 3 nitrogen and oxygen atoms in total. The molecule has 0 amide bonds. The van der Waals surface area contributed by atoms with Crippen LogP contribution in [0.2, 0.25) is 0 Å². The summed E-state index contributed by atoms with van der Waals surface area (Å²) in [5.41, 5.74) is 1.34. The molecule has 0 atom stereocenters. The fraction of sp³-hybridized carbons (Fsp3) is 0.750. The Balaban J connectivity index is 2.43. The number of aromatic nitrogens is 2. The van der Waals surface area contributed by atoms with Gasteiger partial charge in [0.1, 0.15) is 0 Å². The van der Waals surface area contributed by atoms with Gasteiger partial charge in [0.25, 0.3) is 0 Å². The average molecular weight is 209 g/mol. The first-order valence-corrected chi connectivity index (χ1v) is 5.82. The highest BCUT2D eigenvalue weighted by Gasteiger charge is 2.04. The van der Waals surface area contributed by atoms with Gasteiger partial charge in [0.15, 0.2) is 0 Å². The number of hydrogen-bond acceptors (Lipinski definition) is 2. The Kier molecular flexibility index (Phi) is 4.82. The Hall–Kier alpha value is -0.830. The third kappa shape index (κ3) is 4.47. The van der Waals surface area contributed by atoms with Crippen molar-refractivity contribution in [2.45, 2.75) is 46.7 Å². The zero-order valence-corrected chi connectivity index (χ0v) is 10.3. The fourth-order valence-electron chi connectivity index (χ4n) is 1.61. The Morgan fingerprint density at radius 2 is 2.07 bits per heavy atom. The van der Waals surface area contributed by atoms with Crippen molar-refractivity contribution in [2.75, 3.05) is 6.54 Å². The number of hydrogen-bond donors (Lipinski definition) is 1. The van der Waals surface area contributed by atoms with Crippen molar-refractivity contribution >= 4 is 0 Å². The van der Waals surface area contributed by atoms with Gasteiger partial charge >= 0.3 is 0 Å². The van der Waals surface area contributed by atoms with Crippen molar-refractivity contribution in [1.82, 2.24) is 14.9 Å². The first-order valence-electron chi connectivity index (χ1n) is 5.82. The molecule has 0 radical (unpaired) electrons. The van der Waals surface area contributed by atoms with Gasteiger partial charge in [0.05, 0.1) is 6.33 Å². The molecule has 0 saturated heterocycles. The molecular weight excluding hydrogens is 186 g/mol. The molecule has 1 aromatic heterocycles. The van der Waals surface area contributed by atoms with Crippen molar-refractivity contribution in [1.29, 1.82) is 0 Å². The van der Waals surface area contributed by atoms with Gasteiger partial charge in [-0.1, -0.05) is 27.7 Å². The Bertz CT molecular complexity index is 276. The molecule has 15 heavy (non-hydrogen) atoms. The van der Waals surface area contributed by atoms with Crippen LogP contribution in [0, 0.1) is 5.92 Å². The summed E-state index contributed by atoms with van der Waals surface area (Å²) in [5.74, 6) is 0.693. The maximum absolute atomic E-state index is 4.21. The third-order valence-corrected chi connectivity index (χ3v) is 2.32. The molecule has 0 aliphatic rings. The summed E-state index contributed by atoms with van der Waals surface area (Å²) in [6, 6.07) is 0.557. The second-order valence-corrected chi connectivity index (χ2v) is 4.79. The van der Waals surface area contributed by atoms with E-state index >= 15 is 0 Å². The van der Waals surface area contributed by atoms with Gasteiger partial charge < -0.3 is 9.88 Å². The van der Waals surface area contributed by atoms with Crippen LogP contribution >= 0.6 is 0 Å². The Morgan fingerprint density at radius 3 is 2.67 bits per heavy atom. The highest BCUT2D eigenvalue weighted by Crippen LogP contribution is 2.07. The Morgan fingerprint density at radius 1 is 1.33 bits per heavy atom. The molecule has 3 heteroatoms. The number of rotatable bonds is 6. The minimum Gasteiger partial charge on any atom is -0.333 e. The monoisotopic (exact) mass is 209 g/mol. The molecule has 1 rings (SSSR count). The smallest absolute Gasteiger partial charge is 0.0948 e. The minimum absolute atomic E-state index is 0.557. The van der Waals surface area contributed by atoms with Crippen LogP contribution in [0.15, 0.2) is 12.5 Å². The highest BCUT2D eigenvalue weighted by molar-refractivity contribution is 4.99. The van der Waals surface area contributed by atoms with E-state index in [1.807, 2.05) is 12.5 Å². The molecule has 86 valence electrons. The van der Waals surface area contributed by atoms with E-state index in [0.29, 0.717) is 12.0 Å². The Labute approximate surface area is 92.9 Å². The van der Waals surface area contributed by atoms with Gasteiger partial charge in [-0.15, -0.1) is 0 Å². The lowest BCUT2D eigenvalue weighted by atomic mass is 10.1. The largest absolute Gasteiger partial charge is 0.333 e. The molecule has 0 unspecified atom stereocenters. The topological polar surface area (TPSA) is 29.9 Å². The predicted octanol–water partition coefficient (Wildman–Crippen LogP) is 2.08. The summed E-state index contributed by atoms with van der Waals surface area (Å²) < 4.78 is 2.25. The zero-order valence-electron chi connectivity index (χ0n) is 10.3. The predicted molar refractivity (Wildman–Crippen MR) is 63.9 cm³/mol. The van der Waals surface area contributed by atoms with Gasteiger partial charge in [-0.05, 0) is 12.3 Å². The van der Waals surface area contributed by atoms with Crippen LogP contribution in [-0.2, 0) is 13.0 Å². The lowest BCUT2D eigenvalue weighted by Gasteiger charge is -2.12. The maximum atomic E-state index is 4.21. The summed E-state index contributed by atoms with van der Waals surface area (Å²) in [4.78, 5) is 4.21. The standard InChI is InChI=1S/C12H23N3/c1-10(2)7-12-8-13-9-15(12)6-5-14-11(3)4/h8-11,14H,5-7H2,1-4H3. The van der Waals surface area contributed by atoms with Crippen molar-refractivity contribution < 1.29 is 0 Å². The first kappa shape index (κ1) is 12.2. The third-order valence-electron chi connectivity index (χ3n) is 2.32. The van der Waals surface area contributed by atoms with Gasteiger partial charge in [-0.3, -0.25) is 0 Å². The molecule has 0 spiro atoms. The van der Waals surface area contributed by atoms with Crippen LogP contribution in [0.25, 0.3) is 0 Å². The second kappa shape index (κ2) is 5.91. The van der Waals surface area contributed by atoms with E-state index in [1.165, 1.54) is 5.69 Å². The number of nitrogens with one attached hydrogen (secondary N) is 1. The molecule has 0 saturated carbocycles. The van der Waals surface area contributed by atoms with Crippen molar-refractivity contribution in [3.8, 4) is 0 Å². The molecule has 1 aromatic rings. The van der Waals surface area contributed by atoms with E-state index in [2.05, 4.69) is 42.6 Å². The van der Waals surface area contributed by atoms with E-state index in [9.17, 15) is 0 Å². The fourth-order valence-corrected chi connectivity index (χ4v) is 1.61. The second-order valence-electron chi connectivity index (χ2n) is 4.79. The number of nitrogens with zero attached hydrogens (tertiary/aromatic N) is 2. The van der Waals surface area contributed by atoms with Crippen molar-refractivity contribution in [3.63, 3.8) is 0 Å². The van der Waals surface area contributed by atoms with Crippen LogP contribution in [0.5, 0.6) is 0 Å². The highest BCUT2D eigenvalue weighted by atomic mass is 15.1. The molecular formula is C12H23N3. The summed E-state index contributed by atoms with van der Waals surface area (Å²) in [5, 5.41) is 3.42. The molecule has 0 fully saturated rings. The number of imidazole rings is 1. The zero-order chi connectivity index (χ0) is 11.3. The summed E-state index contributed by atoms with van der Waals surface area (Å²) >= 11 is 0. The van der Waals surface area contributed by atoms with Gasteiger partial charge in [-0.2, -0.15) is 0 Å². The van der Waals surface area contributed by atoms with Gasteiger partial charge in [0.2, 0.25) is 0 Å². The van der Waals surface area contributed by atoms with Gasteiger partial charge in [-0.25, -0.2) is 4.98 Å². The molecule has 0 aromatic carbocycles. The van der Waals surface area contributed by atoms with E-state index in [-0.39, 0.29) is 0 Å². The molecule has 1 N–H and O–H groups in total. The lowest BCUT2D eigenvalue weighted by molar-refractivity contribution is 0.521. The lowest BCUT2D eigenvalue weighted by Crippen LogP contribution is -2.27. The van der Waals surface area contributed by atoms with E-state index in [1.54, 1.807) is 0 Å². The van der Waals surface area contributed by atoms with Crippen LogP contribution in [0.3, 0.4) is 0 Å². The van der Waals surface area contributed by atoms with Crippen molar-refractivity contribution in [2.24, 2.45) is 5.92 Å². The van der Waals surface area contributed by atoms with Crippen LogP contribution in [0.4, 0.5) is 0 Å². The molecule has 0 bridgehead atoms.